The molecular formula is C21H15ClFN7. The van der Waals surface area contributed by atoms with Crippen LogP contribution >= 0.6 is 11.6 Å². The lowest BCUT2D eigenvalue weighted by molar-refractivity contribution is 0.629. The Morgan fingerprint density at radius 1 is 1.17 bits per heavy atom. The third-order valence-electron chi connectivity index (χ3n) is 4.56. The molecule has 9 heteroatoms. The van der Waals surface area contributed by atoms with Crippen LogP contribution in [-0.2, 0) is 6.42 Å². The Hall–Kier alpha value is -3.83. The maximum atomic E-state index is 14.1. The van der Waals surface area contributed by atoms with Crippen molar-refractivity contribution in [2.45, 2.75) is 6.42 Å². The minimum atomic E-state index is -0.447. The number of pyridine rings is 2. The number of nitrogen functional groups attached to an aromatic ring is 1. The topological polar surface area (TPSA) is 113 Å². The van der Waals surface area contributed by atoms with Crippen LogP contribution in [0.5, 0.6) is 0 Å². The van der Waals surface area contributed by atoms with E-state index in [4.69, 9.17) is 17.3 Å². The maximum absolute atomic E-state index is 14.1. The fourth-order valence-electron chi connectivity index (χ4n) is 3.23. The molecule has 3 aromatic heterocycles. The van der Waals surface area contributed by atoms with Gasteiger partial charge in [0.25, 0.3) is 0 Å². The van der Waals surface area contributed by atoms with E-state index < -0.39 is 5.82 Å². The summed E-state index contributed by atoms with van der Waals surface area (Å²) in [7, 11) is 0. The molecule has 148 valence electrons. The Morgan fingerprint density at radius 3 is 2.80 bits per heavy atom. The zero-order chi connectivity index (χ0) is 21.1. The van der Waals surface area contributed by atoms with Crippen molar-refractivity contribution in [1.29, 1.82) is 5.26 Å². The Bertz CT molecular complexity index is 1270. The highest BCUT2D eigenvalue weighted by Crippen LogP contribution is 2.34. The number of halogens is 2. The molecule has 0 spiro atoms. The third kappa shape index (κ3) is 3.71. The fourth-order valence-corrected chi connectivity index (χ4v) is 3.48. The van der Waals surface area contributed by atoms with Gasteiger partial charge in [-0.2, -0.15) is 5.26 Å². The maximum Gasteiger partial charge on any atom is 0.149 e. The van der Waals surface area contributed by atoms with Crippen LogP contribution in [0.25, 0.3) is 22.2 Å². The quantitative estimate of drug-likeness (QED) is 0.502. The van der Waals surface area contributed by atoms with Gasteiger partial charge in [-0.25, -0.2) is 14.4 Å². The Balaban J connectivity index is 1.73. The van der Waals surface area contributed by atoms with Crippen molar-refractivity contribution in [3.8, 4) is 17.3 Å². The summed E-state index contributed by atoms with van der Waals surface area (Å²) < 4.78 is 14.1. The molecule has 0 radical (unpaired) electrons. The van der Waals surface area contributed by atoms with E-state index in [-0.39, 0.29) is 16.4 Å². The van der Waals surface area contributed by atoms with E-state index in [1.54, 1.807) is 12.4 Å². The van der Waals surface area contributed by atoms with Gasteiger partial charge in [0.05, 0.1) is 16.2 Å². The summed E-state index contributed by atoms with van der Waals surface area (Å²) in [6.45, 7) is 0.432. The van der Waals surface area contributed by atoms with Gasteiger partial charge in [0.15, 0.2) is 0 Å². The smallest absolute Gasteiger partial charge is 0.149 e. The molecule has 4 aromatic rings. The molecule has 0 saturated heterocycles. The Labute approximate surface area is 176 Å². The number of fused-ring (bicyclic) bond motifs is 1. The van der Waals surface area contributed by atoms with Crippen LogP contribution in [0.2, 0.25) is 5.02 Å². The van der Waals surface area contributed by atoms with E-state index in [2.05, 4.69) is 25.3 Å². The first-order chi connectivity index (χ1) is 14.6. The highest BCUT2D eigenvalue weighted by Gasteiger charge is 2.16. The molecule has 0 fully saturated rings. The third-order valence-corrected chi connectivity index (χ3v) is 4.85. The lowest BCUT2D eigenvalue weighted by Crippen LogP contribution is -2.11. The number of nitrogens with one attached hydrogen (secondary N) is 1. The van der Waals surface area contributed by atoms with E-state index in [1.165, 1.54) is 18.5 Å². The van der Waals surface area contributed by atoms with Gasteiger partial charge in [0, 0.05) is 29.9 Å². The summed E-state index contributed by atoms with van der Waals surface area (Å²) in [6, 6.07) is 10.2. The van der Waals surface area contributed by atoms with Crippen LogP contribution in [0.15, 0.2) is 49.1 Å². The largest absolute Gasteiger partial charge is 0.382 e. The molecule has 4 rings (SSSR count). The van der Waals surface area contributed by atoms with Crippen LogP contribution in [0.3, 0.4) is 0 Å². The second-order valence-corrected chi connectivity index (χ2v) is 6.84. The lowest BCUT2D eigenvalue weighted by Gasteiger charge is -2.14. The van der Waals surface area contributed by atoms with Crippen LogP contribution in [0.1, 0.15) is 11.1 Å². The highest BCUT2D eigenvalue weighted by molar-refractivity contribution is 6.35. The molecule has 1 aromatic carbocycles. The van der Waals surface area contributed by atoms with Gasteiger partial charge < -0.3 is 11.1 Å². The second-order valence-electron chi connectivity index (χ2n) is 6.43. The SMILES string of the molecule is N#Cc1c(N)ncnc1NCCc1cnc2c(Cl)cc(F)cc2c1-c1ccccn1. The van der Waals surface area contributed by atoms with E-state index >= 15 is 0 Å². The number of hydrogen-bond donors (Lipinski definition) is 2. The lowest BCUT2D eigenvalue weighted by atomic mass is 9.98. The number of benzene rings is 1. The van der Waals surface area contributed by atoms with Gasteiger partial charge >= 0.3 is 0 Å². The molecule has 0 aliphatic heterocycles. The van der Waals surface area contributed by atoms with Crippen molar-refractivity contribution in [2.24, 2.45) is 0 Å². The zero-order valence-electron chi connectivity index (χ0n) is 15.6. The molecule has 0 bridgehead atoms. The average molecular weight is 420 g/mol. The van der Waals surface area contributed by atoms with Crippen LogP contribution in [0, 0.1) is 17.1 Å². The first-order valence-electron chi connectivity index (χ1n) is 9.01. The second kappa shape index (κ2) is 8.27. The van der Waals surface area contributed by atoms with E-state index in [9.17, 15) is 9.65 Å². The van der Waals surface area contributed by atoms with Crippen molar-refractivity contribution >= 4 is 34.1 Å². The highest BCUT2D eigenvalue weighted by atomic mass is 35.5. The number of rotatable bonds is 5. The van der Waals surface area contributed by atoms with Crippen LogP contribution < -0.4 is 11.1 Å². The summed E-state index contributed by atoms with van der Waals surface area (Å²) in [6.07, 6.45) is 5.18. The average Bonchev–Trinajstić information content (AvgIpc) is 2.74. The predicted molar refractivity (Wildman–Crippen MR) is 113 cm³/mol. The van der Waals surface area contributed by atoms with E-state index in [0.717, 1.165) is 11.1 Å². The predicted octanol–water partition coefficient (Wildman–Crippen LogP) is 3.99. The number of nitrogens with zero attached hydrogens (tertiary/aromatic N) is 5. The first-order valence-corrected chi connectivity index (χ1v) is 9.38. The number of aromatic nitrogens is 4. The fraction of sp³-hybridized carbons (Fsp3) is 0.0952. The Kier molecular flexibility index (Phi) is 5.37. The minimum absolute atomic E-state index is 0.113. The molecule has 0 aliphatic carbocycles. The molecule has 3 heterocycles. The van der Waals surface area contributed by atoms with Gasteiger partial charge in [-0.15, -0.1) is 0 Å². The van der Waals surface area contributed by atoms with Crippen molar-refractivity contribution < 1.29 is 4.39 Å². The molecule has 0 saturated carbocycles. The van der Waals surface area contributed by atoms with Gasteiger partial charge in [-0.3, -0.25) is 9.97 Å². The van der Waals surface area contributed by atoms with Crippen molar-refractivity contribution in [3.63, 3.8) is 0 Å². The number of nitriles is 1. The normalized spacial score (nSPS) is 10.7. The number of hydrogen-bond acceptors (Lipinski definition) is 7. The van der Waals surface area contributed by atoms with Gasteiger partial charge in [-0.05, 0) is 36.2 Å². The molecule has 0 aliphatic rings. The molecule has 0 atom stereocenters. The van der Waals surface area contributed by atoms with E-state index in [1.807, 2.05) is 24.3 Å². The number of nitrogens with two attached hydrogens (primary N) is 1. The molecule has 0 unspecified atom stereocenters. The summed E-state index contributed by atoms with van der Waals surface area (Å²) in [5, 5.41) is 13.2. The van der Waals surface area contributed by atoms with Crippen molar-refractivity contribution in [2.75, 3.05) is 17.6 Å². The first kappa shape index (κ1) is 19.5. The molecular weight excluding hydrogens is 405 g/mol. The molecule has 7 nitrogen and oxygen atoms in total. The van der Waals surface area contributed by atoms with Crippen molar-refractivity contribution in [1.82, 2.24) is 19.9 Å². The monoisotopic (exact) mass is 419 g/mol. The van der Waals surface area contributed by atoms with Gasteiger partial charge in [0.2, 0.25) is 0 Å². The standard InChI is InChI=1S/C21H15ClFN7/c22-16-8-13(23)7-14-18(17-3-1-2-5-26-17)12(10-28-19(14)16)4-6-27-21-15(9-24)20(25)29-11-30-21/h1-3,5,7-8,10-11H,4,6H2,(H3,25,27,29,30). The van der Waals surface area contributed by atoms with Crippen molar-refractivity contribution in [3.05, 3.63) is 71.0 Å². The van der Waals surface area contributed by atoms with Crippen LogP contribution in [-0.4, -0.2) is 26.5 Å². The van der Waals surface area contributed by atoms with Crippen LogP contribution in [0.4, 0.5) is 16.0 Å². The van der Waals surface area contributed by atoms with Gasteiger partial charge in [-0.1, -0.05) is 17.7 Å². The Morgan fingerprint density at radius 2 is 2.03 bits per heavy atom. The summed E-state index contributed by atoms with van der Waals surface area (Å²) in [5.74, 6) is 0.0192. The van der Waals surface area contributed by atoms with E-state index in [0.29, 0.717) is 35.4 Å². The minimum Gasteiger partial charge on any atom is -0.382 e. The number of anilines is 2. The molecule has 0 amide bonds. The zero-order valence-corrected chi connectivity index (χ0v) is 16.4. The molecule has 30 heavy (non-hydrogen) atoms. The summed E-state index contributed by atoms with van der Waals surface area (Å²) in [4.78, 5) is 16.8. The van der Waals surface area contributed by atoms with Gasteiger partial charge in [0.1, 0.15) is 35.4 Å². The molecule has 3 N–H and O–H groups in total. The summed E-state index contributed by atoms with van der Waals surface area (Å²) in [5.41, 5.74) is 8.70. The summed E-state index contributed by atoms with van der Waals surface area (Å²) >= 11 is 6.21.